The molecule has 0 unspecified atom stereocenters. The van der Waals surface area contributed by atoms with E-state index in [1.807, 2.05) is 30.3 Å². The summed E-state index contributed by atoms with van der Waals surface area (Å²) in [6, 6.07) is 20.6. The van der Waals surface area contributed by atoms with Crippen LogP contribution in [0.4, 0.5) is 14.5 Å². The maximum Gasteiger partial charge on any atom is 0.387 e. The zero-order chi connectivity index (χ0) is 23.6. The number of primary amides is 1. The molecule has 0 heterocycles. The van der Waals surface area contributed by atoms with Crippen molar-refractivity contribution < 1.29 is 27.8 Å². The van der Waals surface area contributed by atoms with Gasteiger partial charge < -0.3 is 20.5 Å². The Morgan fingerprint density at radius 3 is 2.39 bits per heavy atom. The molecule has 0 atom stereocenters. The number of nitrogens with two attached hydrogens (primary N) is 1. The fourth-order valence-corrected chi connectivity index (χ4v) is 3.01. The van der Waals surface area contributed by atoms with Crippen molar-refractivity contribution in [1.29, 1.82) is 0 Å². The molecule has 0 bridgehead atoms. The summed E-state index contributed by atoms with van der Waals surface area (Å²) in [5, 5.41) is 2.72. The topological polar surface area (TPSA) is 90.7 Å². The Labute approximate surface area is 189 Å². The molecule has 8 heteroatoms. The van der Waals surface area contributed by atoms with E-state index in [1.54, 1.807) is 36.4 Å². The minimum atomic E-state index is -2.95. The lowest BCUT2D eigenvalue weighted by Crippen LogP contribution is -2.19. The van der Waals surface area contributed by atoms with Crippen LogP contribution < -0.4 is 20.5 Å². The molecule has 3 aromatic rings. The second-order valence-corrected chi connectivity index (χ2v) is 7.01. The lowest BCUT2D eigenvalue weighted by Gasteiger charge is -2.13. The number of carbonyl (C=O) groups is 2. The van der Waals surface area contributed by atoms with Gasteiger partial charge in [-0.15, -0.1) is 0 Å². The molecule has 3 aromatic carbocycles. The van der Waals surface area contributed by atoms with Crippen LogP contribution in [0, 0.1) is 0 Å². The lowest BCUT2D eigenvalue weighted by molar-refractivity contribution is -0.120. The summed E-state index contributed by atoms with van der Waals surface area (Å²) >= 11 is 0. The van der Waals surface area contributed by atoms with E-state index >= 15 is 0 Å². The molecule has 0 spiro atoms. The summed E-state index contributed by atoms with van der Waals surface area (Å²) in [4.78, 5) is 23.1. The number of rotatable bonds is 10. The highest BCUT2D eigenvalue weighted by Crippen LogP contribution is 2.27. The van der Waals surface area contributed by atoms with Gasteiger partial charge in [0, 0.05) is 23.7 Å². The number of benzene rings is 3. The van der Waals surface area contributed by atoms with E-state index in [0.29, 0.717) is 23.4 Å². The summed E-state index contributed by atoms with van der Waals surface area (Å²) < 4.78 is 35.4. The normalized spacial score (nSPS) is 10.9. The quantitative estimate of drug-likeness (QED) is 0.446. The predicted octanol–water partition coefficient (Wildman–Crippen LogP) is 4.39. The van der Waals surface area contributed by atoms with Crippen molar-refractivity contribution in [2.24, 2.45) is 5.73 Å². The first-order chi connectivity index (χ1) is 15.9. The van der Waals surface area contributed by atoms with Gasteiger partial charge in [-0.25, -0.2) is 0 Å². The third-order valence-corrected chi connectivity index (χ3v) is 4.47. The van der Waals surface area contributed by atoms with Crippen LogP contribution in [0.1, 0.15) is 16.7 Å². The van der Waals surface area contributed by atoms with Gasteiger partial charge in [-0.05, 0) is 47.5 Å². The molecule has 0 radical (unpaired) electrons. The molecule has 33 heavy (non-hydrogen) atoms. The first-order valence-corrected chi connectivity index (χ1v) is 10.0. The van der Waals surface area contributed by atoms with Gasteiger partial charge in [-0.1, -0.05) is 42.5 Å². The van der Waals surface area contributed by atoms with Gasteiger partial charge in [0.25, 0.3) is 5.91 Å². The summed E-state index contributed by atoms with van der Waals surface area (Å²) in [6.45, 7) is -3.17. The van der Waals surface area contributed by atoms with Gasteiger partial charge in [0.05, 0.1) is 0 Å². The predicted molar refractivity (Wildman–Crippen MR) is 121 cm³/mol. The van der Waals surface area contributed by atoms with Crippen molar-refractivity contribution in [2.45, 2.75) is 13.0 Å². The van der Waals surface area contributed by atoms with Gasteiger partial charge in [0.2, 0.25) is 5.91 Å². The van der Waals surface area contributed by atoms with E-state index in [2.05, 4.69) is 10.1 Å². The summed E-state index contributed by atoms with van der Waals surface area (Å²) in [5.74, 6) is -0.429. The highest BCUT2D eigenvalue weighted by atomic mass is 19.3. The van der Waals surface area contributed by atoms with Crippen LogP contribution in [-0.2, 0) is 16.0 Å². The average molecular weight is 452 g/mol. The molecule has 0 saturated carbocycles. The molecule has 0 aliphatic carbocycles. The summed E-state index contributed by atoms with van der Waals surface area (Å²) in [7, 11) is 0. The Balaban J connectivity index is 1.67. The van der Waals surface area contributed by atoms with Gasteiger partial charge in [-0.3, -0.25) is 9.59 Å². The average Bonchev–Trinajstić information content (AvgIpc) is 2.79. The standard InChI is InChI=1S/C25H22F2N2O4/c26-25(27)33-22-12-9-20(15-19(22)14-18-4-2-1-3-5-18)29-24(31)13-8-17-6-10-21(11-7-17)32-16-23(28)30/h1-13,15,25H,14,16H2,(H2,28,30)(H,29,31)/b13-8+. The van der Waals surface area contributed by atoms with Gasteiger partial charge in [0.15, 0.2) is 6.61 Å². The Morgan fingerprint density at radius 1 is 1.00 bits per heavy atom. The van der Waals surface area contributed by atoms with E-state index < -0.39 is 18.4 Å². The maximum atomic E-state index is 12.8. The van der Waals surface area contributed by atoms with Gasteiger partial charge >= 0.3 is 6.61 Å². The van der Waals surface area contributed by atoms with Crippen LogP contribution in [0.3, 0.4) is 0 Å². The van der Waals surface area contributed by atoms with Gasteiger partial charge in [-0.2, -0.15) is 8.78 Å². The second kappa shape index (κ2) is 11.4. The van der Waals surface area contributed by atoms with Crippen molar-refractivity contribution in [3.63, 3.8) is 0 Å². The summed E-state index contributed by atoms with van der Waals surface area (Å²) in [5.41, 5.74) is 7.66. The van der Waals surface area contributed by atoms with E-state index in [9.17, 15) is 18.4 Å². The van der Waals surface area contributed by atoms with Crippen molar-refractivity contribution in [1.82, 2.24) is 0 Å². The van der Waals surface area contributed by atoms with Crippen LogP contribution in [0.5, 0.6) is 11.5 Å². The third-order valence-electron chi connectivity index (χ3n) is 4.47. The minimum Gasteiger partial charge on any atom is -0.484 e. The van der Waals surface area contributed by atoms with Crippen molar-refractivity contribution >= 4 is 23.6 Å². The summed E-state index contributed by atoms with van der Waals surface area (Å²) in [6.07, 6.45) is 3.32. The number of hydrogen-bond donors (Lipinski definition) is 2. The van der Waals surface area contributed by atoms with Crippen LogP contribution in [0.2, 0.25) is 0 Å². The first kappa shape index (κ1) is 23.5. The molecule has 170 valence electrons. The lowest BCUT2D eigenvalue weighted by atomic mass is 10.0. The number of anilines is 1. The highest BCUT2D eigenvalue weighted by molar-refractivity contribution is 6.02. The van der Waals surface area contributed by atoms with E-state index in [-0.39, 0.29) is 12.4 Å². The third kappa shape index (κ3) is 7.77. The first-order valence-electron chi connectivity index (χ1n) is 10.0. The van der Waals surface area contributed by atoms with E-state index in [1.165, 1.54) is 18.2 Å². The molecule has 0 aliphatic rings. The molecular formula is C25H22F2N2O4. The fourth-order valence-electron chi connectivity index (χ4n) is 3.01. The highest BCUT2D eigenvalue weighted by Gasteiger charge is 2.12. The van der Waals surface area contributed by atoms with Crippen molar-refractivity contribution in [3.8, 4) is 11.5 Å². The number of alkyl halides is 2. The maximum absolute atomic E-state index is 12.8. The smallest absolute Gasteiger partial charge is 0.387 e. The van der Waals surface area contributed by atoms with Gasteiger partial charge in [0.1, 0.15) is 11.5 Å². The molecule has 6 nitrogen and oxygen atoms in total. The molecule has 0 fully saturated rings. The zero-order valence-corrected chi connectivity index (χ0v) is 17.5. The van der Waals surface area contributed by atoms with Crippen LogP contribution in [0.15, 0.2) is 78.9 Å². The molecule has 0 aliphatic heterocycles. The van der Waals surface area contributed by atoms with Crippen LogP contribution >= 0.6 is 0 Å². The molecule has 3 N–H and O–H groups in total. The Kier molecular flexibility index (Phi) is 8.13. The number of nitrogens with one attached hydrogen (secondary N) is 1. The Bertz CT molecular complexity index is 1120. The Morgan fingerprint density at radius 2 is 1.73 bits per heavy atom. The fraction of sp³-hybridized carbons (Fsp3) is 0.120. The molecule has 0 aromatic heterocycles. The molecular weight excluding hydrogens is 430 g/mol. The number of halogens is 2. The van der Waals surface area contributed by atoms with Crippen LogP contribution in [-0.4, -0.2) is 25.0 Å². The monoisotopic (exact) mass is 452 g/mol. The molecule has 3 rings (SSSR count). The largest absolute Gasteiger partial charge is 0.484 e. The van der Waals surface area contributed by atoms with Crippen molar-refractivity contribution in [2.75, 3.05) is 11.9 Å². The number of hydrogen-bond acceptors (Lipinski definition) is 4. The second-order valence-electron chi connectivity index (χ2n) is 7.01. The SMILES string of the molecule is NC(=O)COc1ccc(/C=C/C(=O)Nc2ccc(OC(F)F)c(Cc3ccccc3)c2)cc1. The minimum absolute atomic E-state index is 0.0565. The van der Waals surface area contributed by atoms with E-state index in [4.69, 9.17) is 10.5 Å². The molecule has 0 saturated heterocycles. The Hall–Kier alpha value is -4.20. The number of amides is 2. The van der Waals surface area contributed by atoms with Crippen LogP contribution in [0.25, 0.3) is 6.08 Å². The number of ether oxygens (including phenoxy) is 2. The van der Waals surface area contributed by atoms with E-state index in [0.717, 1.165) is 11.1 Å². The number of carbonyl (C=O) groups excluding carboxylic acids is 2. The van der Waals surface area contributed by atoms with Crippen molar-refractivity contribution in [3.05, 3.63) is 95.6 Å². The zero-order valence-electron chi connectivity index (χ0n) is 17.5. The molecule has 2 amide bonds.